The molecule has 6 nitrogen and oxygen atoms in total. The Bertz CT molecular complexity index is 926. The number of rotatable bonds is 8. The van der Waals surface area contributed by atoms with Gasteiger partial charge in [0.15, 0.2) is 11.5 Å². The molecule has 2 fully saturated rings. The van der Waals surface area contributed by atoms with Gasteiger partial charge in [0.25, 0.3) is 0 Å². The molecule has 0 unspecified atom stereocenters. The van der Waals surface area contributed by atoms with Gasteiger partial charge >= 0.3 is 0 Å². The average molecular weight is 426 g/mol. The lowest BCUT2D eigenvalue weighted by Crippen LogP contribution is -2.29. The van der Waals surface area contributed by atoms with Crippen LogP contribution in [0, 0.1) is 0 Å². The number of hydrogen-bond acceptors (Lipinski definition) is 6. The molecule has 3 aliphatic rings. The van der Waals surface area contributed by atoms with Crippen LogP contribution in [-0.2, 0) is 12.8 Å². The van der Waals surface area contributed by atoms with Crippen LogP contribution in [0.25, 0.3) is 10.9 Å². The summed E-state index contributed by atoms with van der Waals surface area (Å²) >= 11 is 0. The number of aryl methyl sites for hydroxylation is 1. The molecule has 168 valence electrons. The quantitative estimate of drug-likeness (QED) is 0.625. The van der Waals surface area contributed by atoms with Gasteiger partial charge < -0.3 is 24.8 Å². The summed E-state index contributed by atoms with van der Waals surface area (Å²) in [4.78, 5) is 7.52. The van der Waals surface area contributed by atoms with E-state index in [9.17, 15) is 5.11 Å². The Morgan fingerprint density at radius 1 is 1.06 bits per heavy atom. The maximum absolute atomic E-state index is 10.3. The van der Waals surface area contributed by atoms with E-state index in [4.69, 9.17) is 14.5 Å². The first-order valence-corrected chi connectivity index (χ1v) is 12.1. The van der Waals surface area contributed by atoms with E-state index >= 15 is 0 Å². The molecule has 5 rings (SSSR count). The van der Waals surface area contributed by atoms with Crippen molar-refractivity contribution >= 4 is 16.7 Å². The normalized spacial score (nSPS) is 23.4. The third-order valence-corrected chi connectivity index (χ3v) is 7.22. The van der Waals surface area contributed by atoms with E-state index in [0.29, 0.717) is 6.61 Å². The van der Waals surface area contributed by atoms with Gasteiger partial charge in [-0.25, -0.2) is 4.98 Å². The highest BCUT2D eigenvalue weighted by Crippen LogP contribution is 2.40. The van der Waals surface area contributed by atoms with Crippen molar-refractivity contribution in [2.75, 3.05) is 38.7 Å². The molecule has 2 aliphatic carbocycles. The smallest absolute Gasteiger partial charge is 0.163 e. The molecular formula is C25H35N3O3. The molecule has 2 aromatic rings. The number of pyridine rings is 1. The number of methoxy groups -OCH3 is 1. The van der Waals surface area contributed by atoms with Crippen molar-refractivity contribution in [2.24, 2.45) is 0 Å². The second-order valence-electron chi connectivity index (χ2n) is 9.29. The van der Waals surface area contributed by atoms with Crippen molar-refractivity contribution in [3.8, 4) is 11.5 Å². The van der Waals surface area contributed by atoms with Gasteiger partial charge in [-0.15, -0.1) is 0 Å². The number of aliphatic hydroxyl groups is 1. The molecule has 31 heavy (non-hydrogen) atoms. The van der Waals surface area contributed by atoms with Gasteiger partial charge in [0, 0.05) is 18.0 Å². The van der Waals surface area contributed by atoms with Gasteiger partial charge in [-0.1, -0.05) is 0 Å². The number of nitrogens with one attached hydrogen (secondary N) is 1. The summed E-state index contributed by atoms with van der Waals surface area (Å²) in [5, 5.41) is 15.0. The molecule has 6 heteroatoms. The van der Waals surface area contributed by atoms with E-state index in [1.54, 1.807) is 7.11 Å². The zero-order chi connectivity index (χ0) is 21.2. The van der Waals surface area contributed by atoms with Crippen LogP contribution in [0.1, 0.15) is 56.1 Å². The molecule has 1 aliphatic heterocycles. The van der Waals surface area contributed by atoms with Gasteiger partial charge in [-0.05, 0) is 88.1 Å². The lowest BCUT2D eigenvalue weighted by molar-refractivity contribution is 0.171. The molecule has 0 bridgehead atoms. The summed E-state index contributed by atoms with van der Waals surface area (Å²) in [6.07, 6.45) is 9.59. The number of anilines is 1. The molecule has 0 amide bonds. The van der Waals surface area contributed by atoms with E-state index < -0.39 is 0 Å². The fraction of sp³-hybridized carbons (Fsp3) is 0.640. The number of hydrogen-bond donors (Lipinski definition) is 2. The van der Waals surface area contributed by atoms with Gasteiger partial charge in [0.1, 0.15) is 5.82 Å². The lowest BCUT2D eigenvalue weighted by atomic mass is 10.0. The molecule has 1 aromatic carbocycles. The van der Waals surface area contributed by atoms with Crippen molar-refractivity contribution in [3.05, 3.63) is 23.3 Å². The van der Waals surface area contributed by atoms with Crippen molar-refractivity contribution in [2.45, 2.75) is 69.9 Å². The Balaban J connectivity index is 1.38. The van der Waals surface area contributed by atoms with Crippen LogP contribution in [-0.4, -0.2) is 60.5 Å². The van der Waals surface area contributed by atoms with Crippen LogP contribution < -0.4 is 14.8 Å². The van der Waals surface area contributed by atoms with Crippen LogP contribution >= 0.6 is 0 Å². The Kier molecular flexibility index (Phi) is 6.19. The second kappa shape index (κ2) is 9.21. The van der Waals surface area contributed by atoms with E-state index in [0.717, 1.165) is 74.3 Å². The number of nitrogens with zero attached hydrogens (tertiary/aromatic N) is 2. The van der Waals surface area contributed by atoms with Crippen molar-refractivity contribution in [3.63, 3.8) is 0 Å². The van der Waals surface area contributed by atoms with Gasteiger partial charge in [-0.3, -0.25) is 0 Å². The van der Waals surface area contributed by atoms with Crippen molar-refractivity contribution in [1.82, 2.24) is 9.88 Å². The van der Waals surface area contributed by atoms with Crippen LogP contribution in [0.15, 0.2) is 12.1 Å². The molecule has 0 spiro atoms. The SMILES string of the molecule is COc1cc2c3c(c(N[C@H]4CCC[C@@H]4O)nc2cc1OCCCN1CCCC1)CCC3. The molecule has 1 saturated carbocycles. The molecule has 1 aromatic heterocycles. The van der Waals surface area contributed by atoms with Crippen molar-refractivity contribution < 1.29 is 14.6 Å². The Labute approximate surface area is 184 Å². The Hall–Kier alpha value is -2.05. The molecular weight excluding hydrogens is 390 g/mol. The zero-order valence-corrected chi connectivity index (χ0v) is 18.7. The fourth-order valence-electron chi connectivity index (χ4n) is 5.53. The minimum absolute atomic E-state index is 0.106. The molecule has 2 N–H and O–H groups in total. The number of benzene rings is 1. The topological polar surface area (TPSA) is 66.8 Å². The van der Waals surface area contributed by atoms with E-state index in [1.165, 1.54) is 42.4 Å². The minimum Gasteiger partial charge on any atom is -0.493 e. The summed E-state index contributed by atoms with van der Waals surface area (Å²) in [7, 11) is 1.71. The summed E-state index contributed by atoms with van der Waals surface area (Å²) in [6, 6.07) is 4.25. The molecule has 0 radical (unpaired) electrons. The van der Waals surface area contributed by atoms with Gasteiger partial charge in [0.2, 0.25) is 0 Å². The number of aliphatic hydroxyl groups excluding tert-OH is 1. The molecule has 2 heterocycles. The van der Waals surface area contributed by atoms with E-state index in [2.05, 4.69) is 16.3 Å². The summed E-state index contributed by atoms with van der Waals surface area (Å²) in [5.41, 5.74) is 3.64. The van der Waals surface area contributed by atoms with Crippen LogP contribution in [0.3, 0.4) is 0 Å². The zero-order valence-electron chi connectivity index (χ0n) is 18.7. The highest BCUT2D eigenvalue weighted by Gasteiger charge is 2.28. The number of fused-ring (bicyclic) bond motifs is 3. The maximum atomic E-state index is 10.3. The summed E-state index contributed by atoms with van der Waals surface area (Å²) in [6.45, 7) is 4.22. The third kappa shape index (κ3) is 4.33. The Morgan fingerprint density at radius 3 is 2.68 bits per heavy atom. The second-order valence-corrected chi connectivity index (χ2v) is 9.29. The number of aromatic nitrogens is 1. The van der Waals surface area contributed by atoms with E-state index in [1.807, 2.05) is 6.07 Å². The molecule has 2 atom stereocenters. The predicted molar refractivity (Wildman–Crippen MR) is 123 cm³/mol. The number of likely N-dealkylation sites (tertiary alicyclic amines) is 1. The third-order valence-electron chi connectivity index (χ3n) is 7.22. The average Bonchev–Trinajstić information content (AvgIpc) is 3.54. The maximum Gasteiger partial charge on any atom is 0.163 e. The van der Waals surface area contributed by atoms with Crippen LogP contribution in [0.4, 0.5) is 5.82 Å². The first-order valence-electron chi connectivity index (χ1n) is 12.1. The van der Waals surface area contributed by atoms with Gasteiger partial charge in [-0.2, -0.15) is 0 Å². The highest BCUT2D eigenvalue weighted by atomic mass is 16.5. The molecule has 1 saturated heterocycles. The monoisotopic (exact) mass is 425 g/mol. The fourth-order valence-corrected chi connectivity index (χ4v) is 5.53. The largest absolute Gasteiger partial charge is 0.493 e. The predicted octanol–water partition coefficient (Wildman–Crippen LogP) is 3.92. The Morgan fingerprint density at radius 2 is 1.90 bits per heavy atom. The first kappa shape index (κ1) is 20.8. The van der Waals surface area contributed by atoms with Crippen LogP contribution in [0.5, 0.6) is 11.5 Å². The highest BCUT2D eigenvalue weighted by molar-refractivity contribution is 5.89. The van der Waals surface area contributed by atoms with E-state index in [-0.39, 0.29) is 12.1 Å². The first-order chi connectivity index (χ1) is 15.2. The summed E-state index contributed by atoms with van der Waals surface area (Å²) < 4.78 is 11.8. The van der Waals surface area contributed by atoms with Crippen LogP contribution in [0.2, 0.25) is 0 Å². The van der Waals surface area contributed by atoms with Gasteiger partial charge in [0.05, 0.1) is 31.4 Å². The standard InChI is InChI=1S/C25H35N3O3/c1-30-23-15-19-17-7-4-8-18(17)25(26-20-9-5-10-22(20)29)27-21(19)16-24(23)31-14-6-13-28-11-2-3-12-28/h15-16,20,22,29H,2-14H2,1H3,(H,26,27)/t20-,22-/m0/s1. The lowest BCUT2D eigenvalue weighted by Gasteiger charge is -2.21. The number of ether oxygens (including phenoxy) is 2. The van der Waals surface area contributed by atoms with Crippen molar-refractivity contribution in [1.29, 1.82) is 0 Å². The summed E-state index contributed by atoms with van der Waals surface area (Å²) in [5.74, 6) is 2.52. The minimum atomic E-state index is -0.278.